The number of nitro benzene ring substituents is 1. The lowest BCUT2D eigenvalue weighted by Crippen LogP contribution is -2.09. The molecule has 1 rings (SSSR count). The molecule has 0 aliphatic rings. The number of nitrogens with one attached hydrogen (secondary N) is 1. The van der Waals surface area contributed by atoms with E-state index in [0.717, 1.165) is 12.8 Å². The topological polar surface area (TPSA) is 102 Å². The van der Waals surface area contributed by atoms with Gasteiger partial charge in [0.05, 0.1) is 17.4 Å². The van der Waals surface area contributed by atoms with Crippen molar-refractivity contribution in [2.24, 2.45) is 5.73 Å². The summed E-state index contributed by atoms with van der Waals surface area (Å²) in [5.41, 5.74) is 5.26. The van der Waals surface area contributed by atoms with E-state index in [9.17, 15) is 10.1 Å². The second kappa shape index (κ2) is 6.47. The fraction of sp³-hybridized carbons (Fsp3) is 0.364. The molecule has 0 amide bonds. The van der Waals surface area contributed by atoms with E-state index >= 15 is 0 Å². The summed E-state index contributed by atoms with van der Waals surface area (Å²) in [6, 6.07) is 5.96. The lowest BCUT2D eigenvalue weighted by molar-refractivity contribution is -0.384. The normalized spacial score (nSPS) is 9.88. The molecule has 0 saturated heterocycles. The van der Waals surface area contributed by atoms with Crippen molar-refractivity contribution < 1.29 is 9.66 Å². The van der Waals surface area contributed by atoms with E-state index in [4.69, 9.17) is 15.9 Å². The van der Waals surface area contributed by atoms with Crippen molar-refractivity contribution in [2.45, 2.75) is 19.3 Å². The van der Waals surface area contributed by atoms with Crippen LogP contribution in [-0.4, -0.2) is 17.4 Å². The monoisotopic (exact) mass is 237 g/mol. The molecule has 0 saturated carbocycles. The molecule has 3 N–H and O–H groups in total. The molecule has 1 aromatic carbocycles. The van der Waals surface area contributed by atoms with Crippen molar-refractivity contribution in [2.75, 3.05) is 6.61 Å². The zero-order chi connectivity index (χ0) is 12.7. The van der Waals surface area contributed by atoms with Crippen molar-refractivity contribution in [3.8, 4) is 5.75 Å². The number of rotatable bonds is 7. The van der Waals surface area contributed by atoms with E-state index in [1.165, 1.54) is 12.1 Å². The van der Waals surface area contributed by atoms with Gasteiger partial charge in [-0.2, -0.15) is 0 Å². The summed E-state index contributed by atoms with van der Waals surface area (Å²) >= 11 is 0. The Labute approximate surface area is 99.0 Å². The number of nitro groups is 1. The average Bonchev–Trinajstić information content (AvgIpc) is 2.29. The number of ether oxygens (including phenoxy) is 1. The van der Waals surface area contributed by atoms with Gasteiger partial charge in [0.15, 0.2) is 0 Å². The quantitative estimate of drug-likeness (QED) is 0.249. The van der Waals surface area contributed by atoms with Gasteiger partial charge in [-0.25, -0.2) is 0 Å². The number of unbranched alkanes of at least 4 members (excludes halogenated alkanes) is 1. The van der Waals surface area contributed by atoms with Gasteiger partial charge < -0.3 is 10.5 Å². The highest BCUT2D eigenvalue weighted by molar-refractivity contribution is 5.76. The summed E-state index contributed by atoms with van der Waals surface area (Å²) in [6.07, 6.45) is 2.18. The lowest BCUT2D eigenvalue weighted by atomic mass is 10.2. The number of nitrogens with two attached hydrogens (primary N) is 1. The zero-order valence-electron chi connectivity index (χ0n) is 9.39. The minimum atomic E-state index is -0.448. The standard InChI is InChI=1S/C11H15N3O3/c12-11(13)3-1-2-8-17-10-6-4-9(5-7-10)14(15)16/h4-7H,1-3,8H2,(H3,12,13). The molecule has 0 aliphatic carbocycles. The summed E-state index contributed by atoms with van der Waals surface area (Å²) in [5.74, 6) is 0.791. The summed E-state index contributed by atoms with van der Waals surface area (Å²) in [7, 11) is 0. The van der Waals surface area contributed by atoms with Gasteiger partial charge in [0.1, 0.15) is 5.75 Å². The first-order valence-electron chi connectivity index (χ1n) is 5.30. The van der Waals surface area contributed by atoms with Gasteiger partial charge in [-0.05, 0) is 25.0 Å². The van der Waals surface area contributed by atoms with E-state index < -0.39 is 4.92 Å². The molecular weight excluding hydrogens is 222 g/mol. The maximum atomic E-state index is 10.4. The van der Waals surface area contributed by atoms with Crippen LogP contribution in [0.4, 0.5) is 5.69 Å². The molecule has 0 aliphatic heterocycles. The van der Waals surface area contributed by atoms with Crippen molar-refractivity contribution >= 4 is 11.5 Å². The molecular formula is C11H15N3O3. The number of amidine groups is 1. The van der Waals surface area contributed by atoms with Crippen molar-refractivity contribution in [3.63, 3.8) is 0 Å². The molecule has 6 heteroatoms. The molecule has 0 atom stereocenters. The van der Waals surface area contributed by atoms with Crippen LogP contribution in [0.15, 0.2) is 24.3 Å². The van der Waals surface area contributed by atoms with Gasteiger partial charge in [-0.1, -0.05) is 0 Å². The van der Waals surface area contributed by atoms with Gasteiger partial charge in [-0.3, -0.25) is 15.5 Å². The van der Waals surface area contributed by atoms with Crippen LogP contribution < -0.4 is 10.5 Å². The first-order valence-corrected chi connectivity index (χ1v) is 5.30. The fourth-order valence-corrected chi connectivity index (χ4v) is 1.27. The maximum Gasteiger partial charge on any atom is 0.269 e. The van der Waals surface area contributed by atoms with Crippen LogP contribution in [0, 0.1) is 15.5 Å². The summed E-state index contributed by atoms with van der Waals surface area (Å²) < 4.78 is 5.39. The van der Waals surface area contributed by atoms with E-state index in [1.54, 1.807) is 12.1 Å². The second-order valence-corrected chi connectivity index (χ2v) is 3.58. The average molecular weight is 237 g/mol. The third kappa shape index (κ3) is 4.96. The third-order valence-electron chi connectivity index (χ3n) is 2.16. The first-order chi connectivity index (χ1) is 8.09. The Morgan fingerprint density at radius 1 is 1.35 bits per heavy atom. The molecule has 0 spiro atoms. The molecule has 17 heavy (non-hydrogen) atoms. The number of hydrogen-bond donors (Lipinski definition) is 2. The van der Waals surface area contributed by atoms with E-state index in [2.05, 4.69) is 0 Å². The summed E-state index contributed by atoms with van der Waals surface area (Å²) in [4.78, 5) is 9.96. The SMILES string of the molecule is N=C(N)CCCCOc1ccc([N+](=O)[O-])cc1. The molecule has 0 bridgehead atoms. The second-order valence-electron chi connectivity index (χ2n) is 3.58. The van der Waals surface area contributed by atoms with Gasteiger partial charge >= 0.3 is 0 Å². The Morgan fingerprint density at radius 2 is 2.00 bits per heavy atom. The highest BCUT2D eigenvalue weighted by atomic mass is 16.6. The molecule has 0 aromatic heterocycles. The Bertz CT molecular complexity index is 389. The fourth-order valence-electron chi connectivity index (χ4n) is 1.27. The zero-order valence-corrected chi connectivity index (χ0v) is 9.39. The third-order valence-corrected chi connectivity index (χ3v) is 2.16. The van der Waals surface area contributed by atoms with Crippen LogP contribution in [0.1, 0.15) is 19.3 Å². The predicted octanol–water partition coefficient (Wildman–Crippen LogP) is 2.08. The Morgan fingerprint density at radius 3 is 2.53 bits per heavy atom. The van der Waals surface area contributed by atoms with Crippen molar-refractivity contribution in [3.05, 3.63) is 34.4 Å². The van der Waals surface area contributed by atoms with Crippen LogP contribution in [0.2, 0.25) is 0 Å². The van der Waals surface area contributed by atoms with Crippen LogP contribution >= 0.6 is 0 Å². The molecule has 92 valence electrons. The summed E-state index contributed by atoms with van der Waals surface area (Å²) in [6.45, 7) is 0.519. The van der Waals surface area contributed by atoms with Gasteiger partial charge in [-0.15, -0.1) is 0 Å². The highest BCUT2D eigenvalue weighted by Gasteiger charge is 2.03. The molecule has 0 heterocycles. The van der Waals surface area contributed by atoms with Crippen LogP contribution in [0.25, 0.3) is 0 Å². The Balaban J connectivity index is 2.27. The number of nitrogens with zero attached hydrogens (tertiary/aromatic N) is 1. The lowest BCUT2D eigenvalue weighted by Gasteiger charge is -2.05. The van der Waals surface area contributed by atoms with Crippen molar-refractivity contribution in [1.82, 2.24) is 0 Å². The smallest absolute Gasteiger partial charge is 0.269 e. The van der Waals surface area contributed by atoms with E-state index in [0.29, 0.717) is 18.8 Å². The van der Waals surface area contributed by atoms with Crippen molar-refractivity contribution in [1.29, 1.82) is 5.41 Å². The number of hydrogen-bond acceptors (Lipinski definition) is 4. The van der Waals surface area contributed by atoms with Gasteiger partial charge in [0.2, 0.25) is 0 Å². The molecule has 0 radical (unpaired) electrons. The van der Waals surface area contributed by atoms with Gasteiger partial charge in [0.25, 0.3) is 5.69 Å². The van der Waals surface area contributed by atoms with Crippen LogP contribution in [0.5, 0.6) is 5.75 Å². The molecule has 6 nitrogen and oxygen atoms in total. The Hall–Kier alpha value is -2.11. The van der Waals surface area contributed by atoms with E-state index in [-0.39, 0.29) is 11.5 Å². The van der Waals surface area contributed by atoms with Gasteiger partial charge in [0, 0.05) is 18.6 Å². The number of non-ortho nitro benzene ring substituents is 1. The summed E-state index contributed by atoms with van der Waals surface area (Å²) in [5, 5.41) is 17.4. The highest BCUT2D eigenvalue weighted by Crippen LogP contribution is 2.17. The molecule has 1 aromatic rings. The van der Waals surface area contributed by atoms with E-state index in [1.807, 2.05) is 0 Å². The molecule has 0 unspecified atom stereocenters. The van der Waals surface area contributed by atoms with Crippen LogP contribution in [-0.2, 0) is 0 Å². The molecule has 0 fully saturated rings. The maximum absolute atomic E-state index is 10.4. The number of benzene rings is 1. The first kappa shape index (κ1) is 13.0. The largest absolute Gasteiger partial charge is 0.494 e. The predicted molar refractivity (Wildman–Crippen MR) is 64.4 cm³/mol. The minimum Gasteiger partial charge on any atom is -0.494 e. The Kier molecular flexibility index (Phi) is 4.93. The minimum absolute atomic E-state index is 0.0499. The van der Waals surface area contributed by atoms with Crippen LogP contribution in [0.3, 0.4) is 0 Å².